The van der Waals surface area contributed by atoms with Crippen LogP contribution in [0.5, 0.6) is 0 Å². The number of nitrogens with zero attached hydrogens (tertiary/aromatic N) is 1. The second-order valence-corrected chi connectivity index (χ2v) is 6.71. The van der Waals surface area contributed by atoms with Crippen molar-refractivity contribution < 1.29 is 32.3 Å². The molecule has 0 aliphatic carbocycles. The lowest BCUT2D eigenvalue weighted by molar-refractivity contribution is -0.148. The number of methoxy groups -OCH3 is 1. The van der Waals surface area contributed by atoms with Gasteiger partial charge in [-0.3, -0.25) is 4.79 Å². The second kappa shape index (κ2) is 6.90. The number of hydrogen-bond donors (Lipinski definition) is 2. The van der Waals surface area contributed by atoms with Gasteiger partial charge in [0.2, 0.25) is 10.0 Å². The standard InChI is InChI=1S/C12H18N2O7S/c1-7-10(22(18,19)14(2)3)5-8(21-7)11(15)13-6-9(20-4)12(16)17/h5,9H,6H2,1-4H3,(H,13,15)(H,16,17). The summed E-state index contributed by atoms with van der Waals surface area (Å²) in [4.78, 5) is 22.5. The van der Waals surface area contributed by atoms with E-state index in [4.69, 9.17) is 9.52 Å². The molecule has 0 bridgehead atoms. The third-order valence-corrected chi connectivity index (χ3v) is 4.79. The van der Waals surface area contributed by atoms with Crippen molar-refractivity contribution >= 4 is 21.9 Å². The Kier molecular flexibility index (Phi) is 5.69. The molecule has 0 saturated carbocycles. The Balaban J connectivity index is 2.92. The summed E-state index contributed by atoms with van der Waals surface area (Å²) < 4.78 is 34.9. The first-order valence-corrected chi connectivity index (χ1v) is 7.62. The van der Waals surface area contributed by atoms with Crippen molar-refractivity contribution in [2.24, 2.45) is 0 Å². The number of amides is 1. The summed E-state index contributed by atoms with van der Waals surface area (Å²) in [6.45, 7) is 1.14. The van der Waals surface area contributed by atoms with Gasteiger partial charge in [0.05, 0.1) is 6.54 Å². The molecule has 0 aliphatic rings. The van der Waals surface area contributed by atoms with Crippen molar-refractivity contribution in [1.82, 2.24) is 9.62 Å². The van der Waals surface area contributed by atoms with Crippen LogP contribution in [0.15, 0.2) is 15.4 Å². The van der Waals surface area contributed by atoms with Crippen molar-refractivity contribution in [3.8, 4) is 0 Å². The van der Waals surface area contributed by atoms with Crippen LogP contribution in [0, 0.1) is 6.92 Å². The number of rotatable bonds is 7. The first kappa shape index (κ1) is 18.1. The molecule has 0 aliphatic heterocycles. The van der Waals surface area contributed by atoms with Crippen LogP contribution in [0.1, 0.15) is 16.3 Å². The van der Waals surface area contributed by atoms with Gasteiger partial charge in [0.15, 0.2) is 11.9 Å². The molecular weight excluding hydrogens is 316 g/mol. The molecule has 0 fully saturated rings. The number of furan rings is 1. The Hall–Kier alpha value is -1.91. The maximum Gasteiger partial charge on any atom is 0.334 e. The molecule has 1 aromatic heterocycles. The first-order valence-electron chi connectivity index (χ1n) is 6.18. The number of carbonyl (C=O) groups is 2. The van der Waals surface area contributed by atoms with E-state index in [-0.39, 0.29) is 23.0 Å². The summed E-state index contributed by atoms with van der Waals surface area (Å²) in [5.41, 5.74) is 0. The van der Waals surface area contributed by atoms with Crippen molar-refractivity contribution in [2.45, 2.75) is 17.9 Å². The molecular formula is C12H18N2O7S. The van der Waals surface area contributed by atoms with Gasteiger partial charge < -0.3 is 19.6 Å². The summed E-state index contributed by atoms with van der Waals surface area (Å²) in [5, 5.41) is 11.1. The minimum atomic E-state index is -3.73. The Morgan fingerprint density at radius 3 is 2.50 bits per heavy atom. The van der Waals surface area contributed by atoms with E-state index in [1.807, 2.05) is 0 Å². The zero-order valence-corrected chi connectivity index (χ0v) is 13.4. The third-order valence-electron chi connectivity index (χ3n) is 2.86. The molecule has 9 nitrogen and oxygen atoms in total. The van der Waals surface area contributed by atoms with Crippen LogP contribution >= 0.6 is 0 Å². The van der Waals surface area contributed by atoms with Gasteiger partial charge in [0.1, 0.15) is 10.7 Å². The summed E-state index contributed by atoms with van der Waals surface area (Å²) in [5.74, 6) is -2.11. The van der Waals surface area contributed by atoms with Crippen LogP contribution in [0.25, 0.3) is 0 Å². The minimum Gasteiger partial charge on any atom is -0.479 e. The van der Waals surface area contributed by atoms with E-state index in [1.165, 1.54) is 28.1 Å². The average molecular weight is 334 g/mol. The topological polar surface area (TPSA) is 126 Å². The van der Waals surface area contributed by atoms with Gasteiger partial charge in [0, 0.05) is 27.3 Å². The fourth-order valence-electron chi connectivity index (χ4n) is 1.57. The molecule has 124 valence electrons. The third kappa shape index (κ3) is 3.84. The van der Waals surface area contributed by atoms with Crippen molar-refractivity contribution in [3.63, 3.8) is 0 Å². The summed E-state index contributed by atoms with van der Waals surface area (Å²) in [6.07, 6.45) is -1.20. The molecule has 0 spiro atoms. The van der Waals surface area contributed by atoms with Gasteiger partial charge in [-0.2, -0.15) is 0 Å². The van der Waals surface area contributed by atoms with Gasteiger partial charge in [-0.05, 0) is 6.92 Å². The van der Waals surface area contributed by atoms with E-state index in [9.17, 15) is 18.0 Å². The summed E-state index contributed by atoms with van der Waals surface area (Å²) in [7, 11) is 0.187. The highest BCUT2D eigenvalue weighted by Gasteiger charge is 2.26. The molecule has 1 unspecified atom stereocenters. The molecule has 2 N–H and O–H groups in total. The molecule has 0 aromatic carbocycles. The van der Waals surface area contributed by atoms with Crippen LogP contribution in [0.3, 0.4) is 0 Å². The SMILES string of the molecule is COC(CNC(=O)c1cc(S(=O)(=O)N(C)C)c(C)o1)C(=O)O. The molecule has 1 amide bonds. The van der Waals surface area contributed by atoms with E-state index in [0.29, 0.717) is 0 Å². The number of nitrogens with one attached hydrogen (secondary N) is 1. The smallest absolute Gasteiger partial charge is 0.334 e. The average Bonchev–Trinajstić information content (AvgIpc) is 2.81. The molecule has 1 rings (SSSR count). The monoisotopic (exact) mass is 334 g/mol. The van der Waals surface area contributed by atoms with Gasteiger partial charge in [0.25, 0.3) is 5.91 Å². The molecule has 0 saturated heterocycles. The van der Waals surface area contributed by atoms with Crippen LogP contribution in [-0.2, 0) is 19.6 Å². The van der Waals surface area contributed by atoms with Gasteiger partial charge in [-0.25, -0.2) is 17.5 Å². The molecule has 22 heavy (non-hydrogen) atoms. The predicted molar refractivity (Wildman–Crippen MR) is 75.1 cm³/mol. The number of ether oxygens (including phenoxy) is 1. The molecule has 1 aromatic rings. The number of carboxylic acids is 1. The number of aliphatic carboxylic acids is 1. The van der Waals surface area contributed by atoms with E-state index in [2.05, 4.69) is 10.1 Å². The quantitative estimate of drug-likeness (QED) is 0.699. The number of carbonyl (C=O) groups excluding carboxylic acids is 1. The molecule has 10 heteroatoms. The highest BCUT2D eigenvalue weighted by Crippen LogP contribution is 2.22. The number of sulfonamides is 1. The fraction of sp³-hybridized carbons (Fsp3) is 0.500. The molecule has 1 heterocycles. The van der Waals surface area contributed by atoms with Gasteiger partial charge in [-0.15, -0.1) is 0 Å². The Bertz CT molecular complexity index is 663. The Morgan fingerprint density at radius 1 is 1.45 bits per heavy atom. The lowest BCUT2D eigenvalue weighted by atomic mass is 10.3. The van der Waals surface area contributed by atoms with E-state index in [1.54, 1.807) is 0 Å². The van der Waals surface area contributed by atoms with Crippen LogP contribution in [0.4, 0.5) is 0 Å². The minimum absolute atomic E-state index is 0.0698. The Labute approximate surface area is 127 Å². The highest BCUT2D eigenvalue weighted by atomic mass is 32.2. The maximum absolute atomic E-state index is 12.0. The zero-order valence-electron chi connectivity index (χ0n) is 12.6. The number of carboxylic acid groups (broad SMARTS) is 1. The van der Waals surface area contributed by atoms with Crippen LogP contribution < -0.4 is 5.32 Å². The zero-order chi connectivity index (χ0) is 17.1. The summed E-state index contributed by atoms with van der Waals surface area (Å²) in [6, 6.07) is 1.10. The highest BCUT2D eigenvalue weighted by molar-refractivity contribution is 7.89. The van der Waals surface area contributed by atoms with E-state index < -0.39 is 28.0 Å². The van der Waals surface area contributed by atoms with Crippen LogP contribution in [0.2, 0.25) is 0 Å². The van der Waals surface area contributed by atoms with E-state index in [0.717, 1.165) is 10.4 Å². The normalized spacial score (nSPS) is 13.1. The lowest BCUT2D eigenvalue weighted by Gasteiger charge is -2.10. The van der Waals surface area contributed by atoms with Crippen LogP contribution in [-0.4, -0.2) is 63.6 Å². The fourth-order valence-corrected chi connectivity index (χ4v) is 2.63. The predicted octanol–water partition coefficient (Wildman–Crippen LogP) is -0.332. The van der Waals surface area contributed by atoms with Crippen molar-refractivity contribution in [3.05, 3.63) is 17.6 Å². The number of aryl methyl sites for hydroxylation is 1. The van der Waals surface area contributed by atoms with Gasteiger partial charge >= 0.3 is 5.97 Å². The van der Waals surface area contributed by atoms with Crippen molar-refractivity contribution in [1.29, 1.82) is 0 Å². The molecule has 1 atom stereocenters. The lowest BCUT2D eigenvalue weighted by Crippen LogP contribution is -2.37. The molecule has 0 radical (unpaired) electrons. The van der Waals surface area contributed by atoms with Gasteiger partial charge in [-0.1, -0.05) is 0 Å². The number of hydrogen-bond acceptors (Lipinski definition) is 6. The second-order valence-electron chi connectivity index (χ2n) is 4.59. The first-order chi connectivity index (χ1) is 10.1. The maximum atomic E-state index is 12.0. The summed E-state index contributed by atoms with van der Waals surface area (Å²) >= 11 is 0. The van der Waals surface area contributed by atoms with Crippen molar-refractivity contribution in [2.75, 3.05) is 27.7 Å². The van der Waals surface area contributed by atoms with E-state index >= 15 is 0 Å². The largest absolute Gasteiger partial charge is 0.479 e. The Morgan fingerprint density at radius 2 is 2.05 bits per heavy atom.